The van der Waals surface area contributed by atoms with Crippen LogP contribution in [0.1, 0.15) is 39.0 Å². The number of hydrogen-bond donors (Lipinski definition) is 1. The van der Waals surface area contributed by atoms with Crippen molar-refractivity contribution in [1.29, 1.82) is 0 Å². The number of methoxy groups -OCH3 is 1. The molecule has 2 amide bonds. The highest BCUT2D eigenvalue weighted by molar-refractivity contribution is 5.80. The third-order valence-corrected chi connectivity index (χ3v) is 4.16. The van der Waals surface area contributed by atoms with Crippen molar-refractivity contribution in [3.05, 3.63) is 24.3 Å². The number of amides is 2. The van der Waals surface area contributed by atoms with Gasteiger partial charge in [0, 0.05) is 25.6 Å². The summed E-state index contributed by atoms with van der Waals surface area (Å²) in [7, 11) is 1.57. The van der Waals surface area contributed by atoms with Crippen LogP contribution in [0.15, 0.2) is 24.3 Å². The van der Waals surface area contributed by atoms with Crippen LogP contribution in [0.2, 0.25) is 0 Å². The summed E-state index contributed by atoms with van der Waals surface area (Å²) in [6, 6.07) is 7.49. The number of nitrogens with one attached hydrogen (secondary N) is 1. The molecule has 138 valence electrons. The van der Waals surface area contributed by atoms with E-state index in [0.29, 0.717) is 31.0 Å². The van der Waals surface area contributed by atoms with Gasteiger partial charge in [0.05, 0.1) is 7.11 Å². The van der Waals surface area contributed by atoms with Crippen LogP contribution >= 0.6 is 0 Å². The summed E-state index contributed by atoms with van der Waals surface area (Å²) in [5, 5.41) is 2.89. The zero-order valence-corrected chi connectivity index (χ0v) is 15.1. The lowest BCUT2D eigenvalue weighted by Gasteiger charge is -2.22. The summed E-state index contributed by atoms with van der Waals surface area (Å²) in [4.78, 5) is 26.1. The number of benzene rings is 1. The van der Waals surface area contributed by atoms with Crippen LogP contribution in [0, 0.1) is 0 Å². The molecular formula is C19H28N2O4. The lowest BCUT2D eigenvalue weighted by molar-refractivity contribution is -0.134. The number of nitrogens with zero attached hydrogens (tertiary/aromatic N) is 1. The fourth-order valence-corrected chi connectivity index (χ4v) is 2.57. The first kappa shape index (κ1) is 19.1. The minimum absolute atomic E-state index is 0.00227. The summed E-state index contributed by atoms with van der Waals surface area (Å²) in [6.45, 7) is 3.18. The van der Waals surface area contributed by atoms with E-state index in [0.717, 1.165) is 25.7 Å². The highest BCUT2D eigenvalue weighted by atomic mass is 16.5. The van der Waals surface area contributed by atoms with E-state index >= 15 is 0 Å². The molecule has 2 rings (SSSR count). The third kappa shape index (κ3) is 6.29. The van der Waals surface area contributed by atoms with Crippen LogP contribution in [-0.2, 0) is 9.59 Å². The molecule has 6 nitrogen and oxygen atoms in total. The van der Waals surface area contributed by atoms with E-state index in [4.69, 9.17) is 9.47 Å². The number of ether oxygens (including phenoxy) is 2. The Morgan fingerprint density at radius 3 is 2.60 bits per heavy atom. The van der Waals surface area contributed by atoms with E-state index in [1.807, 2.05) is 12.1 Å². The molecule has 1 saturated carbocycles. The summed E-state index contributed by atoms with van der Waals surface area (Å²) >= 11 is 0. The summed E-state index contributed by atoms with van der Waals surface area (Å²) < 4.78 is 10.8. The van der Waals surface area contributed by atoms with Crippen molar-refractivity contribution in [2.24, 2.45) is 0 Å². The SMILES string of the molecule is CCCCNC(=O)CCN(C(=O)COc1ccccc1OC)C1CC1. The molecule has 6 heteroatoms. The molecule has 1 N–H and O–H groups in total. The van der Waals surface area contributed by atoms with Gasteiger partial charge in [-0.3, -0.25) is 9.59 Å². The standard InChI is InChI=1S/C19H28N2O4/c1-3-4-12-20-18(22)11-13-21(15-9-10-15)19(23)14-25-17-8-6-5-7-16(17)24-2/h5-8,15H,3-4,9-14H2,1-2H3,(H,20,22). The fourth-order valence-electron chi connectivity index (χ4n) is 2.57. The average Bonchev–Trinajstić information content (AvgIpc) is 3.45. The normalized spacial score (nSPS) is 13.2. The topological polar surface area (TPSA) is 67.9 Å². The van der Waals surface area contributed by atoms with E-state index in [9.17, 15) is 9.59 Å². The quantitative estimate of drug-likeness (QED) is 0.624. The van der Waals surface area contributed by atoms with Crippen LogP contribution in [0.3, 0.4) is 0 Å². The van der Waals surface area contributed by atoms with Gasteiger partial charge >= 0.3 is 0 Å². The second-order valence-corrected chi connectivity index (χ2v) is 6.21. The second-order valence-electron chi connectivity index (χ2n) is 6.21. The Morgan fingerprint density at radius 1 is 1.24 bits per heavy atom. The van der Waals surface area contributed by atoms with Gasteiger partial charge < -0.3 is 19.7 Å². The molecule has 25 heavy (non-hydrogen) atoms. The largest absolute Gasteiger partial charge is 0.493 e. The minimum atomic E-state index is -0.0882. The number of carbonyl (C=O) groups is 2. The van der Waals surface area contributed by atoms with Crippen LogP contribution in [-0.4, -0.2) is 49.6 Å². The van der Waals surface area contributed by atoms with Crippen LogP contribution in [0.5, 0.6) is 11.5 Å². The van der Waals surface area contributed by atoms with Crippen molar-refractivity contribution in [3.63, 3.8) is 0 Å². The van der Waals surface area contributed by atoms with Crippen molar-refractivity contribution in [2.75, 3.05) is 26.8 Å². The van der Waals surface area contributed by atoms with Gasteiger partial charge in [0.1, 0.15) is 0 Å². The van der Waals surface area contributed by atoms with E-state index in [-0.39, 0.29) is 24.5 Å². The number of hydrogen-bond acceptors (Lipinski definition) is 4. The van der Waals surface area contributed by atoms with Gasteiger partial charge in [-0.2, -0.15) is 0 Å². The first-order valence-corrected chi connectivity index (χ1v) is 8.97. The smallest absolute Gasteiger partial charge is 0.260 e. The molecule has 0 heterocycles. The zero-order valence-electron chi connectivity index (χ0n) is 15.1. The number of unbranched alkanes of at least 4 members (excludes halogenated alkanes) is 1. The van der Waals surface area contributed by atoms with Crippen molar-refractivity contribution in [2.45, 2.75) is 45.1 Å². The lowest BCUT2D eigenvalue weighted by Crippen LogP contribution is -2.39. The highest BCUT2D eigenvalue weighted by Crippen LogP contribution is 2.28. The predicted molar refractivity (Wildman–Crippen MR) is 95.8 cm³/mol. The van der Waals surface area contributed by atoms with Gasteiger partial charge in [0.15, 0.2) is 18.1 Å². The maximum Gasteiger partial charge on any atom is 0.260 e. The molecule has 1 aromatic carbocycles. The fraction of sp³-hybridized carbons (Fsp3) is 0.579. The molecular weight excluding hydrogens is 320 g/mol. The van der Waals surface area contributed by atoms with Crippen LogP contribution in [0.4, 0.5) is 0 Å². The maximum absolute atomic E-state index is 12.5. The van der Waals surface area contributed by atoms with Gasteiger partial charge in [-0.25, -0.2) is 0 Å². The van der Waals surface area contributed by atoms with E-state index in [1.54, 1.807) is 24.1 Å². The van der Waals surface area contributed by atoms with Crippen molar-refractivity contribution in [3.8, 4) is 11.5 Å². The minimum Gasteiger partial charge on any atom is -0.493 e. The Hall–Kier alpha value is -2.24. The Bertz CT molecular complexity index is 572. The van der Waals surface area contributed by atoms with Gasteiger partial charge in [-0.05, 0) is 31.4 Å². The van der Waals surface area contributed by atoms with E-state index in [1.165, 1.54) is 0 Å². The molecule has 1 aliphatic rings. The summed E-state index contributed by atoms with van der Waals surface area (Å²) in [6.07, 6.45) is 4.35. The Kier molecular flexibility index (Phi) is 7.57. The second kappa shape index (κ2) is 9.91. The molecule has 0 saturated heterocycles. The monoisotopic (exact) mass is 348 g/mol. The zero-order chi connectivity index (χ0) is 18.1. The molecule has 0 aliphatic heterocycles. The Balaban J connectivity index is 1.81. The molecule has 1 fully saturated rings. The molecule has 0 atom stereocenters. The molecule has 0 spiro atoms. The molecule has 0 unspecified atom stereocenters. The van der Waals surface area contributed by atoms with E-state index < -0.39 is 0 Å². The summed E-state index contributed by atoms with van der Waals surface area (Å²) in [5.41, 5.74) is 0. The van der Waals surface area contributed by atoms with Crippen molar-refractivity contribution < 1.29 is 19.1 Å². The summed E-state index contributed by atoms with van der Waals surface area (Å²) in [5.74, 6) is 1.06. The molecule has 0 radical (unpaired) electrons. The Labute approximate surface area is 149 Å². The molecule has 0 aromatic heterocycles. The van der Waals surface area contributed by atoms with Gasteiger partial charge in [-0.1, -0.05) is 25.5 Å². The first-order valence-electron chi connectivity index (χ1n) is 8.97. The Morgan fingerprint density at radius 2 is 1.96 bits per heavy atom. The maximum atomic E-state index is 12.5. The van der Waals surface area contributed by atoms with Gasteiger partial charge in [0.25, 0.3) is 5.91 Å². The molecule has 1 aliphatic carbocycles. The number of para-hydroxylation sites is 2. The molecule has 0 bridgehead atoms. The lowest BCUT2D eigenvalue weighted by atomic mass is 10.3. The van der Waals surface area contributed by atoms with E-state index in [2.05, 4.69) is 12.2 Å². The third-order valence-electron chi connectivity index (χ3n) is 4.16. The predicted octanol–water partition coefficient (Wildman–Crippen LogP) is 2.37. The first-order chi connectivity index (χ1) is 12.2. The van der Waals surface area contributed by atoms with Crippen molar-refractivity contribution in [1.82, 2.24) is 10.2 Å². The number of rotatable bonds is 11. The average molecular weight is 348 g/mol. The van der Waals surface area contributed by atoms with Crippen molar-refractivity contribution >= 4 is 11.8 Å². The highest BCUT2D eigenvalue weighted by Gasteiger charge is 2.32. The molecule has 1 aromatic rings. The number of carbonyl (C=O) groups excluding carboxylic acids is 2. The van der Waals surface area contributed by atoms with Gasteiger partial charge in [0.2, 0.25) is 5.91 Å². The van der Waals surface area contributed by atoms with Gasteiger partial charge in [-0.15, -0.1) is 0 Å². The van der Waals surface area contributed by atoms with Crippen LogP contribution in [0.25, 0.3) is 0 Å². The van der Waals surface area contributed by atoms with Crippen LogP contribution < -0.4 is 14.8 Å².